The van der Waals surface area contributed by atoms with Crippen molar-refractivity contribution in [3.63, 3.8) is 0 Å². The standard InChI is InChI=1S/C15H12BrNO2S2/c16-9-5-14(20-7-9)15(19)17-6-12(18)11-8-21-13-4-2-1-3-10(11)13/h1-5,7-8,12,18H,6H2,(H,17,19). The number of fused-ring (bicyclic) bond motifs is 1. The summed E-state index contributed by atoms with van der Waals surface area (Å²) in [5.74, 6) is -0.163. The summed E-state index contributed by atoms with van der Waals surface area (Å²) in [7, 11) is 0. The molecule has 0 aliphatic rings. The molecule has 1 atom stereocenters. The van der Waals surface area contributed by atoms with Crippen LogP contribution in [-0.2, 0) is 0 Å². The van der Waals surface area contributed by atoms with Gasteiger partial charge in [0.05, 0.1) is 11.0 Å². The van der Waals surface area contributed by atoms with Gasteiger partial charge in [-0.3, -0.25) is 4.79 Å². The van der Waals surface area contributed by atoms with E-state index in [1.807, 2.05) is 35.0 Å². The maximum Gasteiger partial charge on any atom is 0.261 e. The second kappa shape index (κ2) is 6.27. The normalized spacial score (nSPS) is 12.5. The lowest BCUT2D eigenvalue weighted by atomic mass is 10.1. The lowest BCUT2D eigenvalue weighted by Gasteiger charge is -2.11. The van der Waals surface area contributed by atoms with E-state index in [1.54, 1.807) is 17.4 Å². The summed E-state index contributed by atoms with van der Waals surface area (Å²) in [6, 6.07) is 9.71. The predicted molar refractivity (Wildman–Crippen MR) is 91.1 cm³/mol. The van der Waals surface area contributed by atoms with Gasteiger partial charge in [-0.2, -0.15) is 0 Å². The molecule has 1 aromatic carbocycles. The minimum absolute atomic E-state index is 0.163. The molecule has 21 heavy (non-hydrogen) atoms. The fourth-order valence-electron chi connectivity index (χ4n) is 2.07. The number of rotatable bonds is 4. The van der Waals surface area contributed by atoms with Crippen LogP contribution in [0.15, 0.2) is 45.6 Å². The zero-order chi connectivity index (χ0) is 14.8. The Hall–Kier alpha value is -1.21. The van der Waals surface area contributed by atoms with Crippen molar-refractivity contribution < 1.29 is 9.90 Å². The van der Waals surface area contributed by atoms with Crippen molar-refractivity contribution in [1.82, 2.24) is 5.32 Å². The van der Waals surface area contributed by atoms with Crippen LogP contribution in [0.2, 0.25) is 0 Å². The van der Waals surface area contributed by atoms with Crippen LogP contribution in [0, 0.1) is 0 Å². The number of aliphatic hydroxyl groups excluding tert-OH is 1. The van der Waals surface area contributed by atoms with E-state index < -0.39 is 6.10 Å². The van der Waals surface area contributed by atoms with Crippen molar-refractivity contribution in [2.24, 2.45) is 0 Å². The Morgan fingerprint density at radius 2 is 2.10 bits per heavy atom. The second-order valence-corrected chi connectivity index (χ2v) is 7.28. The maximum absolute atomic E-state index is 12.0. The number of halogens is 1. The molecule has 3 nitrogen and oxygen atoms in total. The number of carbonyl (C=O) groups excluding carboxylic acids is 1. The summed E-state index contributed by atoms with van der Waals surface area (Å²) in [4.78, 5) is 12.6. The molecule has 0 aliphatic heterocycles. The van der Waals surface area contributed by atoms with Gasteiger partial charge in [0.15, 0.2) is 0 Å². The molecule has 0 saturated carbocycles. The number of benzene rings is 1. The molecule has 2 N–H and O–H groups in total. The average molecular weight is 382 g/mol. The highest BCUT2D eigenvalue weighted by molar-refractivity contribution is 9.10. The van der Waals surface area contributed by atoms with Crippen molar-refractivity contribution in [2.75, 3.05) is 6.54 Å². The molecule has 0 spiro atoms. The molecule has 1 amide bonds. The van der Waals surface area contributed by atoms with E-state index in [0.29, 0.717) is 4.88 Å². The van der Waals surface area contributed by atoms with Crippen molar-refractivity contribution >= 4 is 54.6 Å². The smallest absolute Gasteiger partial charge is 0.261 e. The van der Waals surface area contributed by atoms with Crippen molar-refractivity contribution in [2.45, 2.75) is 6.10 Å². The molecule has 3 rings (SSSR count). The number of aliphatic hydroxyl groups is 1. The quantitative estimate of drug-likeness (QED) is 0.711. The first-order valence-corrected chi connectivity index (χ1v) is 8.87. The Bertz CT molecular complexity index is 781. The molecule has 0 bridgehead atoms. The van der Waals surface area contributed by atoms with Gasteiger partial charge in [-0.15, -0.1) is 22.7 Å². The minimum atomic E-state index is -0.700. The van der Waals surface area contributed by atoms with Crippen LogP contribution in [0.25, 0.3) is 10.1 Å². The predicted octanol–water partition coefficient (Wildman–Crippen LogP) is 4.19. The fraction of sp³-hybridized carbons (Fsp3) is 0.133. The Kier molecular flexibility index (Phi) is 4.40. The summed E-state index contributed by atoms with van der Waals surface area (Å²) in [6.07, 6.45) is -0.700. The number of hydrogen-bond donors (Lipinski definition) is 2. The summed E-state index contributed by atoms with van der Waals surface area (Å²) in [6.45, 7) is 0.203. The molecular formula is C15H12BrNO2S2. The molecule has 2 aromatic heterocycles. The third-order valence-electron chi connectivity index (χ3n) is 3.12. The molecule has 0 radical (unpaired) electrons. The number of nitrogens with one attached hydrogen (secondary N) is 1. The van der Waals surface area contributed by atoms with E-state index in [2.05, 4.69) is 21.2 Å². The van der Waals surface area contributed by atoms with Crippen LogP contribution in [0.3, 0.4) is 0 Å². The van der Waals surface area contributed by atoms with E-state index in [1.165, 1.54) is 11.3 Å². The zero-order valence-electron chi connectivity index (χ0n) is 10.9. The summed E-state index contributed by atoms with van der Waals surface area (Å²) in [5, 5.41) is 17.9. The van der Waals surface area contributed by atoms with Gasteiger partial charge in [0.25, 0.3) is 5.91 Å². The Morgan fingerprint density at radius 3 is 2.86 bits per heavy atom. The number of hydrogen-bond acceptors (Lipinski definition) is 4. The number of carbonyl (C=O) groups is 1. The third-order valence-corrected chi connectivity index (χ3v) is 5.79. The monoisotopic (exact) mass is 381 g/mol. The van der Waals surface area contributed by atoms with Gasteiger partial charge in [-0.1, -0.05) is 18.2 Å². The number of thiophene rings is 2. The first-order chi connectivity index (χ1) is 10.1. The van der Waals surface area contributed by atoms with E-state index in [4.69, 9.17) is 0 Å². The first-order valence-electron chi connectivity index (χ1n) is 6.31. The van der Waals surface area contributed by atoms with Gasteiger partial charge in [-0.05, 0) is 38.8 Å². The number of amides is 1. The Balaban J connectivity index is 1.69. The lowest BCUT2D eigenvalue weighted by molar-refractivity contribution is 0.0921. The van der Waals surface area contributed by atoms with E-state index >= 15 is 0 Å². The Morgan fingerprint density at radius 1 is 1.29 bits per heavy atom. The highest BCUT2D eigenvalue weighted by atomic mass is 79.9. The van der Waals surface area contributed by atoms with Crippen molar-refractivity contribution in [3.05, 3.63) is 56.0 Å². The molecule has 0 aliphatic carbocycles. The molecule has 108 valence electrons. The summed E-state index contributed by atoms with van der Waals surface area (Å²) >= 11 is 6.29. The molecule has 6 heteroatoms. The molecule has 0 saturated heterocycles. The molecule has 1 unspecified atom stereocenters. The van der Waals surface area contributed by atoms with Gasteiger partial charge < -0.3 is 10.4 Å². The van der Waals surface area contributed by atoms with E-state index in [0.717, 1.165) is 20.1 Å². The highest BCUT2D eigenvalue weighted by Crippen LogP contribution is 2.30. The van der Waals surface area contributed by atoms with Crippen LogP contribution < -0.4 is 5.32 Å². The zero-order valence-corrected chi connectivity index (χ0v) is 14.1. The van der Waals surface area contributed by atoms with Gasteiger partial charge in [0.1, 0.15) is 0 Å². The van der Waals surface area contributed by atoms with Gasteiger partial charge in [0.2, 0.25) is 0 Å². The largest absolute Gasteiger partial charge is 0.387 e. The molecule has 3 aromatic rings. The first kappa shape index (κ1) is 14.7. The van der Waals surface area contributed by atoms with Gasteiger partial charge in [0, 0.05) is 26.7 Å². The van der Waals surface area contributed by atoms with Crippen LogP contribution in [0.4, 0.5) is 0 Å². The summed E-state index contributed by atoms with van der Waals surface area (Å²) in [5.41, 5.74) is 0.864. The van der Waals surface area contributed by atoms with Gasteiger partial charge >= 0.3 is 0 Å². The Labute approximate surface area is 138 Å². The minimum Gasteiger partial charge on any atom is -0.387 e. The molecular weight excluding hydrogens is 370 g/mol. The second-order valence-electron chi connectivity index (χ2n) is 4.54. The van der Waals surface area contributed by atoms with Gasteiger partial charge in [-0.25, -0.2) is 0 Å². The van der Waals surface area contributed by atoms with Crippen LogP contribution in [0.5, 0.6) is 0 Å². The van der Waals surface area contributed by atoms with Crippen molar-refractivity contribution in [3.8, 4) is 0 Å². The van der Waals surface area contributed by atoms with Crippen LogP contribution in [-0.4, -0.2) is 17.6 Å². The van der Waals surface area contributed by atoms with E-state index in [-0.39, 0.29) is 12.5 Å². The lowest BCUT2D eigenvalue weighted by Crippen LogP contribution is -2.27. The topological polar surface area (TPSA) is 49.3 Å². The molecule has 0 fully saturated rings. The van der Waals surface area contributed by atoms with Crippen LogP contribution >= 0.6 is 38.6 Å². The maximum atomic E-state index is 12.0. The van der Waals surface area contributed by atoms with Crippen LogP contribution in [0.1, 0.15) is 21.3 Å². The SMILES string of the molecule is O=C(NCC(O)c1csc2ccccc12)c1cc(Br)cs1. The van der Waals surface area contributed by atoms with E-state index in [9.17, 15) is 9.90 Å². The average Bonchev–Trinajstić information content (AvgIpc) is 3.10. The highest BCUT2D eigenvalue weighted by Gasteiger charge is 2.15. The molecule has 2 heterocycles. The third kappa shape index (κ3) is 3.18. The van der Waals surface area contributed by atoms with Crippen molar-refractivity contribution in [1.29, 1.82) is 0 Å². The fourth-order valence-corrected chi connectivity index (χ4v) is 4.43. The summed E-state index contributed by atoms with van der Waals surface area (Å²) < 4.78 is 2.03.